The summed E-state index contributed by atoms with van der Waals surface area (Å²) in [5, 5.41) is 0. The standard InChI is InChI=1S/C8H10N4OS/c9-11-7(13)5-3-1-2-4-6(5)8(14)12-10/h1-4H,9-10H2,(H,11,13)(H,12,14). The third-order valence-electron chi connectivity index (χ3n) is 1.68. The van der Waals surface area contributed by atoms with Gasteiger partial charge in [-0.1, -0.05) is 30.4 Å². The Labute approximate surface area is 86.4 Å². The van der Waals surface area contributed by atoms with Crippen molar-refractivity contribution in [3.8, 4) is 0 Å². The number of nitrogens with one attached hydrogen (secondary N) is 2. The molecule has 0 aromatic heterocycles. The van der Waals surface area contributed by atoms with E-state index in [4.69, 9.17) is 23.9 Å². The fourth-order valence-corrected chi connectivity index (χ4v) is 1.21. The maximum atomic E-state index is 11.3. The molecule has 0 radical (unpaired) electrons. The van der Waals surface area contributed by atoms with Gasteiger partial charge in [0.2, 0.25) is 0 Å². The van der Waals surface area contributed by atoms with Crippen LogP contribution in [0.2, 0.25) is 0 Å². The summed E-state index contributed by atoms with van der Waals surface area (Å²) in [5.74, 6) is 9.78. The largest absolute Gasteiger partial charge is 0.314 e. The molecule has 0 atom stereocenters. The van der Waals surface area contributed by atoms with Crippen LogP contribution in [-0.4, -0.2) is 10.9 Å². The van der Waals surface area contributed by atoms with E-state index in [0.717, 1.165) is 0 Å². The molecular weight excluding hydrogens is 200 g/mol. The first-order chi connectivity index (χ1) is 6.70. The van der Waals surface area contributed by atoms with E-state index in [1.165, 1.54) is 0 Å². The van der Waals surface area contributed by atoms with Crippen molar-refractivity contribution in [2.24, 2.45) is 11.7 Å². The molecule has 1 amide bonds. The number of nitrogen functional groups attached to an aromatic ring is 1. The van der Waals surface area contributed by atoms with E-state index < -0.39 is 5.91 Å². The molecular formula is C8H10N4OS. The van der Waals surface area contributed by atoms with E-state index in [0.29, 0.717) is 16.1 Å². The maximum Gasteiger partial charge on any atom is 0.265 e. The smallest absolute Gasteiger partial charge is 0.265 e. The Morgan fingerprint density at radius 1 is 1.14 bits per heavy atom. The molecule has 0 saturated heterocycles. The number of carbonyl (C=O) groups is 1. The van der Waals surface area contributed by atoms with Crippen LogP contribution in [0.3, 0.4) is 0 Å². The second kappa shape index (κ2) is 4.66. The predicted molar refractivity (Wildman–Crippen MR) is 57.1 cm³/mol. The second-order valence-electron chi connectivity index (χ2n) is 2.49. The van der Waals surface area contributed by atoms with Crippen LogP contribution in [0.4, 0.5) is 0 Å². The number of benzene rings is 1. The van der Waals surface area contributed by atoms with Gasteiger partial charge in [0.15, 0.2) is 0 Å². The summed E-state index contributed by atoms with van der Waals surface area (Å²) < 4.78 is 0. The SMILES string of the molecule is NNC(=O)c1ccccc1C(=S)NN. The lowest BCUT2D eigenvalue weighted by molar-refractivity contribution is 0.0953. The zero-order valence-electron chi connectivity index (χ0n) is 7.28. The Kier molecular flexibility index (Phi) is 3.52. The van der Waals surface area contributed by atoms with Gasteiger partial charge in [0.05, 0.1) is 5.56 Å². The Balaban J connectivity index is 3.15. The Hall–Kier alpha value is -1.50. The zero-order chi connectivity index (χ0) is 10.6. The Bertz CT molecular complexity index is 331. The normalized spacial score (nSPS) is 9.29. The molecule has 6 N–H and O–H groups in total. The fraction of sp³-hybridized carbons (Fsp3) is 0. The van der Waals surface area contributed by atoms with Gasteiger partial charge in [-0.05, 0) is 6.07 Å². The molecule has 0 aliphatic heterocycles. The number of hydrogen-bond acceptors (Lipinski definition) is 4. The van der Waals surface area contributed by atoms with Gasteiger partial charge >= 0.3 is 0 Å². The van der Waals surface area contributed by atoms with Gasteiger partial charge in [-0.3, -0.25) is 10.2 Å². The summed E-state index contributed by atoms with van der Waals surface area (Å²) >= 11 is 4.92. The van der Waals surface area contributed by atoms with Crippen LogP contribution in [-0.2, 0) is 0 Å². The number of rotatable bonds is 2. The minimum Gasteiger partial charge on any atom is -0.314 e. The van der Waals surface area contributed by atoms with E-state index in [1.54, 1.807) is 24.3 Å². The summed E-state index contributed by atoms with van der Waals surface area (Å²) in [6.07, 6.45) is 0. The van der Waals surface area contributed by atoms with E-state index >= 15 is 0 Å². The lowest BCUT2D eigenvalue weighted by atomic mass is 10.1. The van der Waals surface area contributed by atoms with Gasteiger partial charge in [-0.2, -0.15) is 0 Å². The highest BCUT2D eigenvalue weighted by Gasteiger charge is 2.11. The van der Waals surface area contributed by atoms with E-state index in [-0.39, 0.29) is 0 Å². The van der Waals surface area contributed by atoms with Crippen molar-refractivity contribution in [1.29, 1.82) is 0 Å². The molecule has 0 fully saturated rings. The molecule has 1 aromatic rings. The van der Waals surface area contributed by atoms with Crippen molar-refractivity contribution >= 4 is 23.1 Å². The van der Waals surface area contributed by atoms with E-state index in [2.05, 4.69) is 5.43 Å². The fourth-order valence-electron chi connectivity index (χ4n) is 1.03. The quantitative estimate of drug-likeness (QED) is 0.227. The van der Waals surface area contributed by atoms with Crippen LogP contribution < -0.4 is 22.5 Å². The van der Waals surface area contributed by atoms with Crippen LogP contribution in [0.5, 0.6) is 0 Å². The molecule has 6 heteroatoms. The summed E-state index contributed by atoms with van der Waals surface area (Å²) in [6.45, 7) is 0. The van der Waals surface area contributed by atoms with Gasteiger partial charge < -0.3 is 5.43 Å². The monoisotopic (exact) mass is 210 g/mol. The second-order valence-corrected chi connectivity index (χ2v) is 2.90. The topological polar surface area (TPSA) is 93.2 Å². The summed E-state index contributed by atoms with van der Waals surface area (Å²) in [7, 11) is 0. The number of nitrogens with two attached hydrogens (primary N) is 2. The van der Waals surface area contributed by atoms with Crippen LogP contribution in [0, 0.1) is 0 Å². The van der Waals surface area contributed by atoms with Crippen molar-refractivity contribution in [1.82, 2.24) is 10.9 Å². The first-order valence-corrected chi connectivity index (χ1v) is 4.22. The first-order valence-electron chi connectivity index (χ1n) is 3.81. The van der Waals surface area contributed by atoms with Gasteiger partial charge in [0.25, 0.3) is 5.91 Å². The molecule has 1 rings (SSSR count). The van der Waals surface area contributed by atoms with Crippen molar-refractivity contribution in [3.05, 3.63) is 35.4 Å². The van der Waals surface area contributed by atoms with Crippen molar-refractivity contribution in [2.45, 2.75) is 0 Å². The first kappa shape index (κ1) is 10.6. The highest BCUT2D eigenvalue weighted by Crippen LogP contribution is 2.08. The Morgan fingerprint density at radius 3 is 2.21 bits per heavy atom. The lowest BCUT2D eigenvalue weighted by Gasteiger charge is -2.08. The van der Waals surface area contributed by atoms with Crippen LogP contribution in [0.15, 0.2) is 24.3 Å². The molecule has 5 nitrogen and oxygen atoms in total. The van der Waals surface area contributed by atoms with Crippen molar-refractivity contribution < 1.29 is 4.79 Å². The number of hydrogen-bond donors (Lipinski definition) is 4. The number of carbonyl (C=O) groups excluding carboxylic acids is 1. The molecule has 1 aromatic carbocycles. The molecule has 0 spiro atoms. The third kappa shape index (κ3) is 2.05. The molecule has 14 heavy (non-hydrogen) atoms. The number of hydrazine groups is 2. The summed E-state index contributed by atoms with van der Waals surface area (Å²) in [5.41, 5.74) is 5.28. The molecule has 0 heterocycles. The molecule has 0 aliphatic rings. The molecule has 0 unspecified atom stereocenters. The van der Waals surface area contributed by atoms with Gasteiger partial charge in [0, 0.05) is 5.56 Å². The molecule has 74 valence electrons. The van der Waals surface area contributed by atoms with E-state index in [1.807, 2.05) is 5.43 Å². The lowest BCUT2D eigenvalue weighted by Crippen LogP contribution is -2.34. The number of amides is 1. The average molecular weight is 210 g/mol. The van der Waals surface area contributed by atoms with Gasteiger partial charge in [0.1, 0.15) is 4.99 Å². The van der Waals surface area contributed by atoms with Crippen LogP contribution in [0.1, 0.15) is 15.9 Å². The van der Waals surface area contributed by atoms with Crippen molar-refractivity contribution in [3.63, 3.8) is 0 Å². The Morgan fingerprint density at radius 2 is 1.71 bits per heavy atom. The summed E-state index contributed by atoms with van der Waals surface area (Å²) in [4.78, 5) is 11.6. The zero-order valence-corrected chi connectivity index (χ0v) is 8.10. The molecule has 0 bridgehead atoms. The predicted octanol–water partition coefficient (Wildman–Crippen LogP) is -0.571. The minimum atomic E-state index is -0.404. The van der Waals surface area contributed by atoms with Crippen LogP contribution in [0.25, 0.3) is 0 Å². The number of thiocarbonyl (C=S) groups is 1. The van der Waals surface area contributed by atoms with E-state index in [9.17, 15) is 4.79 Å². The average Bonchev–Trinajstić information content (AvgIpc) is 2.27. The maximum absolute atomic E-state index is 11.3. The highest BCUT2D eigenvalue weighted by molar-refractivity contribution is 7.80. The van der Waals surface area contributed by atoms with Crippen LogP contribution >= 0.6 is 12.2 Å². The van der Waals surface area contributed by atoms with Gasteiger partial charge in [-0.25, -0.2) is 11.7 Å². The molecule has 0 aliphatic carbocycles. The minimum absolute atomic E-state index is 0.296. The molecule has 0 saturated carbocycles. The van der Waals surface area contributed by atoms with Gasteiger partial charge in [-0.15, -0.1) is 0 Å². The highest BCUT2D eigenvalue weighted by atomic mass is 32.1. The van der Waals surface area contributed by atoms with Crippen molar-refractivity contribution in [2.75, 3.05) is 0 Å². The third-order valence-corrected chi connectivity index (χ3v) is 2.02. The summed E-state index contributed by atoms with van der Waals surface area (Å²) in [6, 6.07) is 6.77.